The first-order valence-corrected chi connectivity index (χ1v) is 13.0. The lowest BCUT2D eigenvalue weighted by molar-refractivity contribution is -0.245. The van der Waals surface area contributed by atoms with Gasteiger partial charge in [-0.25, -0.2) is 0 Å². The second kappa shape index (κ2) is 11.4. The molecule has 10 heteroatoms. The van der Waals surface area contributed by atoms with Gasteiger partial charge < -0.3 is 23.7 Å². The van der Waals surface area contributed by atoms with Crippen LogP contribution in [-0.2, 0) is 42.9 Å². The third-order valence-corrected chi connectivity index (χ3v) is 5.87. The number of carbonyl (C=O) groups is 4. The molecule has 1 aliphatic heterocycles. The van der Waals surface area contributed by atoms with Crippen molar-refractivity contribution in [3.05, 3.63) is 0 Å². The summed E-state index contributed by atoms with van der Waals surface area (Å²) in [6.07, 6.45) is -4.60. The lowest BCUT2D eigenvalue weighted by atomic mass is 9.93. The van der Waals surface area contributed by atoms with Gasteiger partial charge >= 0.3 is 23.9 Å². The highest BCUT2D eigenvalue weighted by Crippen LogP contribution is 2.35. The molecule has 1 rings (SSSR count). The highest BCUT2D eigenvalue weighted by atomic mass is 79.9. The van der Waals surface area contributed by atoms with Gasteiger partial charge in [0.2, 0.25) is 0 Å². The number of esters is 4. The molecule has 1 heterocycles. The summed E-state index contributed by atoms with van der Waals surface area (Å²) >= 11 is 3.38. The van der Waals surface area contributed by atoms with Crippen LogP contribution in [0.15, 0.2) is 0 Å². The lowest BCUT2D eigenvalue weighted by Gasteiger charge is -2.44. The summed E-state index contributed by atoms with van der Waals surface area (Å²) in [5.41, 5.74) is -3.43. The van der Waals surface area contributed by atoms with E-state index in [2.05, 4.69) is 15.9 Å². The zero-order valence-electron chi connectivity index (χ0n) is 23.6. The van der Waals surface area contributed by atoms with Crippen molar-refractivity contribution in [2.45, 2.75) is 113 Å². The van der Waals surface area contributed by atoms with E-state index in [4.69, 9.17) is 23.7 Å². The molecule has 5 atom stereocenters. The molecule has 1 aliphatic rings. The molecule has 1 saturated heterocycles. The van der Waals surface area contributed by atoms with Crippen molar-refractivity contribution in [1.82, 2.24) is 0 Å². The summed E-state index contributed by atoms with van der Waals surface area (Å²) in [6, 6.07) is 0. The largest absolute Gasteiger partial charge is 0.462 e. The van der Waals surface area contributed by atoms with Gasteiger partial charge in [-0.1, -0.05) is 15.9 Å². The van der Waals surface area contributed by atoms with E-state index >= 15 is 0 Å². The fourth-order valence-electron chi connectivity index (χ4n) is 2.68. The van der Waals surface area contributed by atoms with Crippen molar-refractivity contribution >= 4 is 39.8 Å². The molecule has 208 valence electrons. The van der Waals surface area contributed by atoms with Crippen LogP contribution in [0.5, 0.6) is 0 Å². The molecule has 0 amide bonds. The molecule has 9 nitrogen and oxygen atoms in total. The monoisotopic (exact) mass is 578 g/mol. The normalized spacial score (nSPS) is 25.5. The predicted molar refractivity (Wildman–Crippen MR) is 136 cm³/mol. The molecule has 0 aromatic heterocycles. The number of hydrogen-bond donors (Lipinski definition) is 0. The van der Waals surface area contributed by atoms with Crippen LogP contribution in [0.1, 0.15) is 83.1 Å². The first kappa shape index (κ1) is 32.3. The van der Waals surface area contributed by atoms with Gasteiger partial charge in [0, 0.05) is 0 Å². The van der Waals surface area contributed by atoms with Gasteiger partial charge in [0.25, 0.3) is 0 Å². The summed E-state index contributed by atoms with van der Waals surface area (Å²) in [6.45, 7) is 19.9. The van der Waals surface area contributed by atoms with Gasteiger partial charge in [0.1, 0.15) is 12.7 Å². The van der Waals surface area contributed by atoms with Crippen molar-refractivity contribution in [1.29, 1.82) is 0 Å². The van der Waals surface area contributed by atoms with Crippen molar-refractivity contribution < 1.29 is 42.9 Å². The number of hydrogen-bond acceptors (Lipinski definition) is 9. The van der Waals surface area contributed by atoms with Crippen LogP contribution in [0.25, 0.3) is 0 Å². The molecule has 0 aliphatic carbocycles. The van der Waals surface area contributed by atoms with Crippen LogP contribution in [0.4, 0.5) is 0 Å². The Balaban J connectivity index is 3.50. The quantitative estimate of drug-likeness (QED) is 0.263. The molecule has 0 aromatic rings. The summed E-state index contributed by atoms with van der Waals surface area (Å²) in [5.74, 6) is -2.22. The van der Waals surface area contributed by atoms with Crippen LogP contribution in [-0.4, -0.2) is 59.9 Å². The Morgan fingerprint density at radius 2 is 0.917 bits per heavy atom. The Labute approximate surface area is 223 Å². The average Bonchev–Trinajstić information content (AvgIpc) is 2.67. The van der Waals surface area contributed by atoms with Crippen LogP contribution in [0.2, 0.25) is 0 Å². The third kappa shape index (κ3) is 9.01. The second-order valence-corrected chi connectivity index (χ2v) is 14.1. The highest BCUT2D eigenvalue weighted by Gasteiger charge is 2.53. The van der Waals surface area contributed by atoms with E-state index in [0.29, 0.717) is 0 Å². The number of ether oxygens (including phenoxy) is 5. The molecule has 0 saturated carbocycles. The third-order valence-electron chi connectivity index (χ3n) is 5.13. The van der Waals surface area contributed by atoms with E-state index in [1.807, 2.05) is 0 Å². The van der Waals surface area contributed by atoms with Gasteiger partial charge in [-0.05, 0) is 83.1 Å². The molecule has 0 radical (unpaired) electrons. The Morgan fingerprint density at radius 3 is 1.28 bits per heavy atom. The zero-order valence-corrected chi connectivity index (χ0v) is 25.2. The fourth-order valence-corrected chi connectivity index (χ4v) is 3.36. The van der Waals surface area contributed by atoms with E-state index < -0.39 is 75.0 Å². The second-order valence-electron chi connectivity index (χ2n) is 13.2. The number of halogens is 1. The van der Waals surface area contributed by atoms with Crippen LogP contribution >= 0.6 is 15.9 Å². The van der Waals surface area contributed by atoms with Crippen molar-refractivity contribution in [3.63, 3.8) is 0 Å². The van der Waals surface area contributed by atoms with E-state index in [9.17, 15) is 19.2 Å². The van der Waals surface area contributed by atoms with Crippen molar-refractivity contribution in [2.24, 2.45) is 21.7 Å². The first-order valence-electron chi connectivity index (χ1n) is 12.1. The molecule has 0 bridgehead atoms. The summed E-state index contributed by atoms with van der Waals surface area (Å²) in [5, 5.41) is -0.940. The fraction of sp³-hybridized carbons (Fsp3) is 0.846. The van der Waals surface area contributed by atoms with Crippen LogP contribution in [0.3, 0.4) is 0 Å². The Kier molecular flexibility index (Phi) is 10.2. The van der Waals surface area contributed by atoms with Gasteiger partial charge in [0.05, 0.1) is 21.7 Å². The molecular formula is C26H43BrO9. The number of alkyl halides is 1. The standard InChI is InChI=1S/C26H43BrO9/c1-23(2,3)19(28)32-13-14-15(34-20(29)24(4,5)6)16(35-21(30)25(7,8)9)17(18(27)33-14)36-22(31)26(10,11)12/h14-18H,13H2,1-12H3/t14-,15-,16+,17?,18?/m1/s1. The van der Waals surface area contributed by atoms with E-state index in [1.54, 1.807) is 83.1 Å². The molecule has 1 fully saturated rings. The summed E-state index contributed by atoms with van der Waals surface area (Å²) in [4.78, 5) is 51.1. The number of rotatable bonds is 5. The van der Waals surface area contributed by atoms with E-state index in [0.717, 1.165) is 0 Å². The molecule has 0 N–H and O–H groups in total. The zero-order chi connectivity index (χ0) is 28.4. The minimum atomic E-state index is -1.23. The lowest BCUT2D eigenvalue weighted by Crippen LogP contribution is -2.62. The molecular weight excluding hydrogens is 536 g/mol. The first-order chi connectivity index (χ1) is 16.0. The molecule has 2 unspecified atom stereocenters. The summed E-state index contributed by atoms with van der Waals surface area (Å²) < 4.78 is 28.8. The molecule has 0 aromatic carbocycles. The maximum Gasteiger partial charge on any atom is 0.311 e. The van der Waals surface area contributed by atoms with Gasteiger partial charge in [-0.15, -0.1) is 0 Å². The number of carbonyl (C=O) groups excluding carboxylic acids is 4. The summed E-state index contributed by atoms with van der Waals surface area (Å²) in [7, 11) is 0. The predicted octanol–water partition coefficient (Wildman–Crippen LogP) is 4.57. The van der Waals surface area contributed by atoms with Gasteiger partial charge in [-0.3, -0.25) is 19.2 Å². The molecule has 36 heavy (non-hydrogen) atoms. The average molecular weight is 580 g/mol. The highest BCUT2D eigenvalue weighted by molar-refractivity contribution is 9.09. The van der Waals surface area contributed by atoms with E-state index in [-0.39, 0.29) is 6.61 Å². The Bertz CT molecular complexity index is 824. The minimum Gasteiger partial charge on any atom is -0.462 e. The SMILES string of the molecule is CC(C)(C)C(=O)OC[C@H]1OC(Br)C(OC(=O)C(C)(C)C)[C@@H](OC(=O)C(C)(C)C)[C@@H]1OC(=O)C(C)(C)C. The van der Waals surface area contributed by atoms with Crippen LogP contribution in [0, 0.1) is 21.7 Å². The Hall–Kier alpha value is -1.68. The van der Waals surface area contributed by atoms with Crippen molar-refractivity contribution in [3.8, 4) is 0 Å². The Morgan fingerprint density at radius 1 is 0.583 bits per heavy atom. The minimum absolute atomic E-state index is 0.274. The van der Waals surface area contributed by atoms with Gasteiger partial charge in [-0.2, -0.15) is 0 Å². The maximum atomic E-state index is 13.0. The topological polar surface area (TPSA) is 114 Å². The maximum absolute atomic E-state index is 13.0. The van der Waals surface area contributed by atoms with Crippen LogP contribution < -0.4 is 0 Å². The smallest absolute Gasteiger partial charge is 0.311 e. The van der Waals surface area contributed by atoms with E-state index in [1.165, 1.54) is 0 Å². The molecule has 0 spiro atoms. The van der Waals surface area contributed by atoms with Gasteiger partial charge in [0.15, 0.2) is 23.3 Å². The van der Waals surface area contributed by atoms with Crippen molar-refractivity contribution in [2.75, 3.05) is 6.61 Å².